The lowest BCUT2D eigenvalue weighted by Gasteiger charge is -2.44. The predicted molar refractivity (Wildman–Crippen MR) is 104 cm³/mol. The van der Waals surface area contributed by atoms with Gasteiger partial charge >= 0.3 is 12.0 Å². The number of amidine groups is 1. The van der Waals surface area contributed by atoms with E-state index in [-0.39, 0.29) is 12.1 Å². The van der Waals surface area contributed by atoms with Gasteiger partial charge in [0.05, 0.1) is 12.8 Å². The third-order valence-corrected chi connectivity index (χ3v) is 5.03. The standard InChI is InChI=1S/C19H21N7O2/c1-3-20-19(28-16-11-26-6-4-13(16)5-7-26)25-17-8-15(23-12-24-17)14-9-21-18(27-2)22-10-14/h1,8-10,12-13,16H,4-7,11H2,2H3,(H,20,23,24,25)/t16-/m0/s1. The molecule has 3 aliphatic rings. The average molecular weight is 379 g/mol. The van der Waals surface area contributed by atoms with Gasteiger partial charge < -0.3 is 9.47 Å². The summed E-state index contributed by atoms with van der Waals surface area (Å²) in [6.07, 6.45) is 12.5. The molecule has 3 aliphatic heterocycles. The van der Waals surface area contributed by atoms with Gasteiger partial charge in [-0.1, -0.05) is 6.42 Å². The van der Waals surface area contributed by atoms with Gasteiger partial charge in [-0.05, 0) is 31.8 Å². The second-order valence-electron chi connectivity index (χ2n) is 6.71. The summed E-state index contributed by atoms with van der Waals surface area (Å²) in [5.74, 6) is 1.06. The third-order valence-electron chi connectivity index (χ3n) is 5.03. The van der Waals surface area contributed by atoms with Crippen molar-refractivity contribution in [2.24, 2.45) is 10.9 Å². The Morgan fingerprint density at radius 2 is 2.04 bits per heavy atom. The summed E-state index contributed by atoms with van der Waals surface area (Å²) in [7, 11) is 1.52. The molecule has 9 heteroatoms. The smallest absolute Gasteiger partial charge is 0.316 e. The second kappa shape index (κ2) is 8.19. The summed E-state index contributed by atoms with van der Waals surface area (Å²) in [5, 5.41) is 3.07. The highest BCUT2D eigenvalue weighted by atomic mass is 16.5. The van der Waals surface area contributed by atoms with Crippen molar-refractivity contribution >= 4 is 11.8 Å². The molecule has 3 saturated heterocycles. The van der Waals surface area contributed by atoms with E-state index >= 15 is 0 Å². The first-order valence-corrected chi connectivity index (χ1v) is 9.13. The van der Waals surface area contributed by atoms with Crippen molar-refractivity contribution in [2.75, 3.05) is 32.1 Å². The third kappa shape index (κ3) is 4.02. The fourth-order valence-electron chi connectivity index (χ4n) is 3.58. The van der Waals surface area contributed by atoms with Crippen molar-refractivity contribution in [1.82, 2.24) is 24.8 Å². The molecule has 1 atom stereocenters. The number of terminal acetylenes is 1. The average Bonchev–Trinajstić information content (AvgIpc) is 2.75. The number of nitrogens with one attached hydrogen (secondary N) is 1. The van der Waals surface area contributed by atoms with Gasteiger partial charge in [-0.3, -0.25) is 10.2 Å². The Morgan fingerprint density at radius 3 is 2.68 bits per heavy atom. The minimum Gasteiger partial charge on any atom is -0.467 e. The molecule has 1 N–H and O–H groups in total. The van der Waals surface area contributed by atoms with Crippen LogP contribution < -0.4 is 10.1 Å². The van der Waals surface area contributed by atoms with E-state index in [0.29, 0.717) is 23.4 Å². The maximum Gasteiger partial charge on any atom is 0.316 e. The second-order valence-corrected chi connectivity index (χ2v) is 6.71. The van der Waals surface area contributed by atoms with Crippen molar-refractivity contribution in [3.8, 4) is 29.7 Å². The zero-order valence-electron chi connectivity index (χ0n) is 15.6. The number of anilines is 1. The number of piperidine rings is 3. The number of fused-ring (bicyclic) bond motifs is 3. The fraction of sp³-hybridized carbons (Fsp3) is 0.421. The van der Waals surface area contributed by atoms with Gasteiger partial charge in [0, 0.05) is 36.6 Å². The lowest BCUT2D eigenvalue weighted by atomic mass is 9.86. The van der Waals surface area contributed by atoms with Crippen molar-refractivity contribution in [3.05, 3.63) is 24.8 Å². The van der Waals surface area contributed by atoms with Gasteiger partial charge in [0.25, 0.3) is 0 Å². The maximum atomic E-state index is 6.10. The quantitative estimate of drug-likeness (QED) is 0.484. The molecule has 2 aromatic heterocycles. The number of aliphatic imine (C=N–C) groups is 1. The van der Waals surface area contributed by atoms with Crippen LogP contribution in [0, 0.1) is 18.4 Å². The molecule has 0 aromatic carbocycles. The van der Waals surface area contributed by atoms with Crippen molar-refractivity contribution < 1.29 is 9.47 Å². The number of hydrogen-bond donors (Lipinski definition) is 1. The minimum absolute atomic E-state index is 0.0818. The van der Waals surface area contributed by atoms with Gasteiger partial charge in [0.2, 0.25) is 0 Å². The zero-order valence-corrected chi connectivity index (χ0v) is 15.6. The number of hydrogen-bond acceptors (Lipinski definition) is 8. The summed E-state index contributed by atoms with van der Waals surface area (Å²) in [6, 6.07) is 4.62. The number of aromatic nitrogens is 4. The zero-order chi connectivity index (χ0) is 19.3. The molecule has 2 bridgehead atoms. The Kier molecular flexibility index (Phi) is 5.30. The first-order chi connectivity index (χ1) is 13.7. The Bertz CT molecular complexity index is 886. The van der Waals surface area contributed by atoms with Crippen LogP contribution >= 0.6 is 0 Å². The molecule has 0 radical (unpaired) electrons. The Balaban J connectivity index is 1.48. The van der Waals surface area contributed by atoms with E-state index in [1.165, 1.54) is 13.4 Å². The van der Waals surface area contributed by atoms with E-state index < -0.39 is 0 Å². The first-order valence-electron chi connectivity index (χ1n) is 9.13. The van der Waals surface area contributed by atoms with Crippen LogP contribution in [0.3, 0.4) is 0 Å². The number of rotatable bonds is 4. The molecule has 9 nitrogen and oxygen atoms in total. The van der Waals surface area contributed by atoms with Crippen molar-refractivity contribution in [3.63, 3.8) is 0 Å². The predicted octanol–water partition coefficient (Wildman–Crippen LogP) is 1.41. The Morgan fingerprint density at radius 1 is 1.25 bits per heavy atom. The molecule has 0 aliphatic carbocycles. The highest BCUT2D eigenvalue weighted by molar-refractivity contribution is 5.89. The summed E-state index contributed by atoms with van der Waals surface area (Å²) in [4.78, 5) is 23.1. The minimum atomic E-state index is 0.0818. The first kappa shape index (κ1) is 18.1. The normalized spacial score (nSPS) is 23.7. The Labute approximate surface area is 163 Å². The van der Waals surface area contributed by atoms with Crippen molar-refractivity contribution in [2.45, 2.75) is 18.9 Å². The summed E-state index contributed by atoms with van der Waals surface area (Å²) in [6.45, 7) is 3.17. The van der Waals surface area contributed by atoms with Gasteiger partial charge in [-0.25, -0.2) is 19.9 Å². The summed E-state index contributed by atoms with van der Waals surface area (Å²) < 4.78 is 11.1. The molecular weight excluding hydrogens is 358 g/mol. The van der Waals surface area contributed by atoms with E-state index in [2.05, 4.69) is 41.2 Å². The molecule has 0 saturated carbocycles. The van der Waals surface area contributed by atoms with Gasteiger partial charge in [-0.2, -0.15) is 0 Å². The van der Waals surface area contributed by atoms with Crippen LogP contribution in [0.4, 0.5) is 5.82 Å². The monoisotopic (exact) mass is 379 g/mol. The van der Waals surface area contributed by atoms with Crippen LogP contribution in [0.15, 0.2) is 29.8 Å². The molecule has 5 heterocycles. The molecule has 0 amide bonds. The van der Waals surface area contributed by atoms with Gasteiger partial charge in [0.15, 0.2) is 0 Å². The highest BCUT2D eigenvalue weighted by Gasteiger charge is 2.36. The lowest BCUT2D eigenvalue weighted by Crippen LogP contribution is -2.52. The molecule has 144 valence electrons. The molecule has 3 fully saturated rings. The Hall–Kier alpha value is -3.25. The molecule has 28 heavy (non-hydrogen) atoms. The maximum absolute atomic E-state index is 6.10. The van der Waals surface area contributed by atoms with Crippen LogP contribution in [0.25, 0.3) is 11.3 Å². The van der Waals surface area contributed by atoms with E-state index in [1.54, 1.807) is 18.5 Å². The van der Waals surface area contributed by atoms with E-state index in [9.17, 15) is 0 Å². The van der Waals surface area contributed by atoms with Gasteiger partial charge in [-0.15, -0.1) is 4.99 Å². The lowest BCUT2D eigenvalue weighted by molar-refractivity contribution is -0.0145. The number of ether oxygens (including phenoxy) is 2. The fourth-order valence-corrected chi connectivity index (χ4v) is 3.58. The van der Waals surface area contributed by atoms with Gasteiger partial charge in [0.1, 0.15) is 18.2 Å². The van der Waals surface area contributed by atoms with Crippen LogP contribution in [0.5, 0.6) is 6.01 Å². The number of nitrogens with zero attached hydrogens (tertiary/aromatic N) is 6. The van der Waals surface area contributed by atoms with Crippen LogP contribution in [0.1, 0.15) is 12.8 Å². The summed E-state index contributed by atoms with van der Waals surface area (Å²) >= 11 is 0. The van der Waals surface area contributed by atoms with E-state index in [4.69, 9.17) is 15.9 Å². The highest BCUT2D eigenvalue weighted by Crippen LogP contribution is 2.29. The SMILES string of the molecule is C#CN=C(Nc1cc(-c2cnc(OC)nc2)ncn1)O[C@H]1CN2CCC1CC2. The van der Waals surface area contributed by atoms with Crippen molar-refractivity contribution in [1.29, 1.82) is 0 Å². The largest absolute Gasteiger partial charge is 0.467 e. The van der Waals surface area contributed by atoms with Crippen LogP contribution in [-0.2, 0) is 4.74 Å². The topological polar surface area (TPSA) is 97.7 Å². The molecule has 2 aromatic rings. The van der Waals surface area contributed by atoms with Crippen LogP contribution in [0.2, 0.25) is 0 Å². The molecule has 0 unspecified atom stereocenters. The molecule has 5 rings (SSSR count). The van der Waals surface area contributed by atoms with E-state index in [0.717, 1.165) is 38.0 Å². The molecular formula is C19H21N7O2. The van der Waals surface area contributed by atoms with E-state index in [1.807, 2.05) is 0 Å². The molecule has 0 spiro atoms. The summed E-state index contributed by atoms with van der Waals surface area (Å²) in [5.41, 5.74) is 1.39. The van der Waals surface area contributed by atoms with Crippen LogP contribution in [-0.4, -0.2) is 63.7 Å². The number of methoxy groups -OCH3 is 1.